The molecule has 1 aliphatic carbocycles. The average molecular weight is 517 g/mol. The lowest BCUT2D eigenvalue weighted by atomic mass is 10.1. The lowest BCUT2D eigenvalue weighted by molar-refractivity contribution is -0.143. The van der Waals surface area contributed by atoms with Crippen LogP contribution in [0.3, 0.4) is 0 Å². The molecule has 0 aromatic heterocycles. The van der Waals surface area contributed by atoms with Gasteiger partial charge in [-0.25, -0.2) is 0 Å². The molecule has 6 nitrogen and oxygen atoms in total. The Morgan fingerprint density at radius 1 is 1.12 bits per heavy atom. The second-order valence-electron chi connectivity index (χ2n) is 8.48. The van der Waals surface area contributed by atoms with Crippen LogP contribution >= 0.6 is 15.9 Å². The number of amides is 2. The molecule has 1 saturated carbocycles. The standard InChI is InChI=1S/C26H33BrN2O4/c1-4-24(26(31)28-20-7-5-6-8-20)29(16-19-9-11-21(32-3)12-10-19)25(30)17-33-22-13-14-23(27)18(2)15-22/h9-15,20,24H,4-8,16-17H2,1-3H3,(H,28,31). The third-order valence-electron chi connectivity index (χ3n) is 6.09. The van der Waals surface area contributed by atoms with E-state index < -0.39 is 6.04 Å². The summed E-state index contributed by atoms with van der Waals surface area (Å²) in [5, 5.41) is 3.16. The second-order valence-corrected chi connectivity index (χ2v) is 9.34. The van der Waals surface area contributed by atoms with Crippen molar-refractivity contribution in [3.63, 3.8) is 0 Å². The molecular formula is C26H33BrN2O4. The third-order valence-corrected chi connectivity index (χ3v) is 6.98. The van der Waals surface area contributed by atoms with E-state index in [9.17, 15) is 9.59 Å². The van der Waals surface area contributed by atoms with Crippen LogP contribution in [0.4, 0.5) is 0 Å². The third kappa shape index (κ3) is 6.97. The zero-order chi connectivity index (χ0) is 23.8. The predicted molar refractivity (Wildman–Crippen MR) is 132 cm³/mol. The first kappa shape index (κ1) is 25.1. The van der Waals surface area contributed by atoms with E-state index >= 15 is 0 Å². The van der Waals surface area contributed by atoms with E-state index in [-0.39, 0.29) is 24.5 Å². The van der Waals surface area contributed by atoms with Crippen LogP contribution in [0, 0.1) is 6.92 Å². The summed E-state index contributed by atoms with van der Waals surface area (Å²) < 4.78 is 12.0. The lowest BCUT2D eigenvalue weighted by Crippen LogP contribution is -2.52. The number of carbonyl (C=O) groups is 2. The number of hydrogen-bond donors (Lipinski definition) is 1. The SMILES string of the molecule is CCC(C(=O)NC1CCCC1)N(Cc1ccc(OC)cc1)C(=O)COc1ccc(Br)c(C)c1. The molecule has 33 heavy (non-hydrogen) atoms. The maximum Gasteiger partial charge on any atom is 0.261 e. The minimum absolute atomic E-state index is 0.0919. The van der Waals surface area contributed by atoms with E-state index in [1.54, 1.807) is 12.0 Å². The molecule has 1 N–H and O–H groups in total. The van der Waals surface area contributed by atoms with Crippen molar-refractivity contribution in [3.05, 3.63) is 58.1 Å². The highest BCUT2D eigenvalue weighted by Gasteiger charge is 2.30. The number of carbonyl (C=O) groups excluding carboxylic acids is 2. The van der Waals surface area contributed by atoms with Crippen molar-refractivity contribution < 1.29 is 19.1 Å². The molecule has 0 saturated heterocycles. The zero-order valence-electron chi connectivity index (χ0n) is 19.6. The van der Waals surface area contributed by atoms with Gasteiger partial charge in [-0.2, -0.15) is 0 Å². The Hall–Kier alpha value is -2.54. The average Bonchev–Trinajstić information content (AvgIpc) is 3.33. The minimum atomic E-state index is -0.560. The molecule has 0 bridgehead atoms. The van der Waals surface area contributed by atoms with Gasteiger partial charge in [0.2, 0.25) is 5.91 Å². The van der Waals surface area contributed by atoms with Crippen molar-refractivity contribution in [1.82, 2.24) is 10.2 Å². The highest BCUT2D eigenvalue weighted by Crippen LogP contribution is 2.23. The Balaban J connectivity index is 1.76. The molecule has 0 heterocycles. The van der Waals surface area contributed by atoms with Gasteiger partial charge in [-0.1, -0.05) is 47.8 Å². The molecule has 3 rings (SSSR count). The number of hydrogen-bond acceptors (Lipinski definition) is 4. The summed E-state index contributed by atoms with van der Waals surface area (Å²) in [7, 11) is 1.62. The first-order valence-corrected chi connectivity index (χ1v) is 12.3. The van der Waals surface area contributed by atoms with Gasteiger partial charge in [-0.15, -0.1) is 0 Å². The van der Waals surface area contributed by atoms with Crippen LogP contribution in [0.15, 0.2) is 46.9 Å². The van der Waals surface area contributed by atoms with Crippen LogP contribution in [0.25, 0.3) is 0 Å². The molecule has 1 unspecified atom stereocenters. The van der Waals surface area contributed by atoms with Crippen LogP contribution < -0.4 is 14.8 Å². The van der Waals surface area contributed by atoms with E-state index in [0.29, 0.717) is 18.7 Å². The maximum atomic E-state index is 13.3. The van der Waals surface area contributed by atoms with Gasteiger partial charge >= 0.3 is 0 Å². The second kappa shape index (κ2) is 12.1. The van der Waals surface area contributed by atoms with Gasteiger partial charge in [0.25, 0.3) is 5.91 Å². The normalized spacial score (nSPS) is 14.5. The topological polar surface area (TPSA) is 67.9 Å². The molecule has 0 spiro atoms. The molecule has 1 fully saturated rings. The number of nitrogens with one attached hydrogen (secondary N) is 1. The summed E-state index contributed by atoms with van der Waals surface area (Å²) >= 11 is 3.48. The van der Waals surface area contributed by atoms with E-state index in [4.69, 9.17) is 9.47 Å². The maximum absolute atomic E-state index is 13.3. The molecular weight excluding hydrogens is 484 g/mol. The van der Waals surface area contributed by atoms with Crippen molar-refractivity contribution in [2.75, 3.05) is 13.7 Å². The Labute approximate surface area is 204 Å². The molecule has 7 heteroatoms. The summed E-state index contributed by atoms with van der Waals surface area (Å²) in [6.45, 7) is 4.09. The molecule has 1 aliphatic rings. The first-order chi connectivity index (χ1) is 15.9. The fourth-order valence-electron chi connectivity index (χ4n) is 4.15. The highest BCUT2D eigenvalue weighted by atomic mass is 79.9. The number of rotatable bonds is 10. The van der Waals surface area contributed by atoms with Crippen molar-refractivity contribution in [2.24, 2.45) is 0 Å². The van der Waals surface area contributed by atoms with E-state index in [2.05, 4.69) is 21.2 Å². The van der Waals surface area contributed by atoms with Crippen molar-refractivity contribution in [2.45, 2.75) is 64.6 Å². The summed E-state index contributed by atoms with van der Waals surface area (Å²) in [5.41, 5.74) is 1.95. The van der Waals surface area contributed by atoms with Gasteiger partial charge in [-0.05, 0) is 67.6 Å². The Kier molecular flexibility index (Phi) is 9.18. The Morgan fingerprint density at radius 3 is 2.39 bits per heavy atom. The van der Waals surface area contributed by atoms with Crippen molar-refractivity contribution in [1.29, 1.82) is 0 Å². The molecule has 178 valence electrons. The molecule has 2 amide bonds. The molecule has 1 atom stereocenters. The quantitative estimate of drug-likeness (QED) is 0.481. The van der Waals surface area contributed by atoms with Crippen LogP contribution in [-0.2, 0) is 16.1 Å². The smallest absolute Gasteiger partial charge is 0.261 e. The number of ether oxygens (including phenoxy) is 2. The largest absolute Gasteiger partial charge is 0.497 e. The fourth-order valence-corrected chi connectivity index (χ4v) is 4.40. The number of aryl methyl sites for hydroxylation is 1. The van der Waals surface area contributed by atoms with Crippen LogP contribution in [0.5, 0.6) is 11.5 Å². The van der Waals surface area contributed by atoms with E-state index in [0.717, 1.165) is 47.0 Å². The molecule has 2 aromatic rings. The molecule has 0 aliphatic heterocycles. The summed E-state index contributed by atoms with van der Waals surface area (Å²) in [5.74, 6) is 1.05. The summed E-state index contributed by atoms with van der Waals surface area (Å²) in [4.78, 5) is 28.1. The first-order valence-electron chi connectivity index (χ1n) is 11.5. The minimum Gasteiger partial charge on any atom is -0.497 e. The van der Waals surface area contributed by atoms with Crippen molar-refractivity contribution >= 4 is 27.7 Å². The number of halogens is 1. The number of nitrogens with zero attached hydrogens (tertiary/aromatic N) is 1. The lowest BCUT2D eigenvalue weighted by Gasteiger charge is -2.31. The molecule has 2 aromatic carbocycles. The zero-order valence-corrected chi connectivity index (χ0v) is 21.2. The monoisotopic (exact) mass is 516 g/mol. The van der Waals surface area contributed by atoms with Crippen LogP contribution in [0.1, 0.15) is 50.2 Å². The number of methoxy groups -OCH3 is 1. The summed E-state index contributed by atoms with van der Waals surface area (Å²) in [6.07, 6.45) is 4.80. The van der Waals surface area contributed by atoms with Gasteiger partial charge in [0, 0.05) is 17.1 Å². The van der Waals surface area contributed by atoms with Gasteiger partial charge < -0.3 is 19.7 Å². The van der Waals surface area contributed by atoms with Gasteiger partial charge in [0.15, 0.2) is 6.61 Å². The van der Waals surface area contributed by atoms with Gasteiger partial charge in [0.05, 0.1) is 7.11 Å². The highest BCUT2D eigenvalue weighted by molar-refractivity contribution is 9.10. The predicted octanol–water partition coefficient (Wildman–Crippen LogP) is 5.01. The Morgan fingerprint density at radius 2 is 1.79 bits per heavy atom. The van der Waals surface area contributed by atoms with Crippen LogP contribution in [0.2, 0.25) is 0 Å². The summed E-state index contributed by atoms with van der Waals surface area (Å²) in [6, 6.07) is 12.8. The number of benzene rings is 2. The van der Waals surface area contributed by atoms with Crippen LogP contribution in [-0.4, -0.2) is 42.5 Å². The van der Waals surface area contributed by atoms with E-state index in [1.165, 1.54) is 0 Å². The Bertz CT molecular complexity index is 942. The van der Waals surface area contributed by atoms with Gasteiger partial charge in [-0.3, -0.25) is 9.59 Å². The van der Waals surface area contributed by atoms with E-state index in [1.807, 2.05) is 56.3 Å². The van der Waals surface area contributed by atoms with Crippen molar-refractivity contribution in [3.8, 4) is 11.5 Å². The fraction of sp³-hybridized carbons (Fsp3) is 0.462. The molecule has 0 radical (unpaired) electrons. The van der Waals surface area contributed by atoms with Gasteiger partial charge in [0.1, 0.15) is 17.5 Å².